The van der Waals surface area contributed by atoms with E-state index in [0.717, 1.165) is 53.3 Å². The van der Waals surface area contributed by atoms with E-state index in [9.17, 15) is 0 Å². The summed E-state index contributed by atoms with van der Waals surface area (Å²) in [6, 6.07) is 0.699. The van der Waals surface area contributed by atoms with Gasteiger partial charge in [-0.15, -0.1) is 0 Å². The molecule has 8 atom stereocenters. The predicted molar refractivity (Wildman–Crippen MR) is 141 cm³/mol. The maximum atomic E-state index is 4.25. The van der Waals surface area contributed by atoms with Gasteiger partial charge in [0.05, 0.1) is 0 Å². The molecule has 2 N–H and O–H groups in total. The van der Waals surface area contributed by atoms with Gasteiger partial charge in [-0.25, -0.2) is 0 Å². The molecule has 1 heterocycles. The Balaban J connectivity index is 1.27. The minimum Gasteiger partial charge on any atom is -0.317 e. The van der Waals surface area contributed by atoms with Crippen LogP contribution in [0.25, 0.3) is 0 Å². The summed E-state index contributed by atoms with van der Waals surface area (Å²) in [7, 11) is 0. The molecular formula is C31H56N2. The van der Waals surface area contributed by atoms with Gasteiger partial charge in [0.15, 0.2) is 0 Å². The molecule has 4 aliphatic carbocycles. The lowest BCUT2D eigenvalue weighted by atomic mass is 9.63. The zero-order valence-corrected chi connectivity index (χ0v) is 23.0. The number of hydrogen-bond acceptors (Lipinski definition) is 2. The molecule has 0 aromatic rings. The molecule has 0 spiro atoms. The average Bonchev–Trinajstić information content (AvgIpc) is 3.53. The van der Waals surface area contributed by atoms with Gasteiger partial charge in [0.1, 0.15) is 0 Å². The maximum Gasteiger partial charge on any atom is 0.0119 e. The van der Waals surface area contributed by atoms with E-state index in [4.69, 9.17) is 0 Å². The van der Waals surface area contributed by atoms with Crippen LogP contribution in [0.3, 0.4) is 0 Å². The largest absolute Gasteiger partial charge is 0.317 e. The average molecular weight is 457 g/mol. The summed E-state index contributed by atoms with van der Waals surface area (Å²) in [5.74, 6) is 8.46. The Morgan fingerprint density at radius 3 is 1.64 bits per heavy atom. The molecular weight excluding hydrogens is 400 g/mol. The molecule has 190 valence electrons. The third-order valence-corrected chi connectivity index (χ3v) is 12.7. The molecule has 0 aromatic carbocycles. The van der Waals surface area contributed by atoms with Gasteiger partial charge in [0, 0.05) is 6.04 Å². The van der Waals surface area contributed by atoms with E-state index in [-0.39, 0.29) is 0 Å². The summed E-state index contributed by atoms with van der Waals surface area (Å²) in [5.41, 5.74) is 1.15. The maximum absolute atomic E-state index is 4.25. The summed E-state index contributed by atoms with van der Waals surface area (Å²) in [4.78, 5) is 0. The van der Waals surface area contributed by atoms with Gasteiger partial charge in [-0.05, 0) is 148 Å². The predicted octanol–water partition coefficient (Wildman–Crippen LogP) is 7.14. The van der Waals surface area contributed by atoms with Crippen molar-refractivity contribution in [3.63, 3.8) is 0 Å². The fourth-order valence-corrected chi connectivity index (χ4v) is 10.4. The third kappa shape index (κ3) is 4.59. The molecule has 1 saturated heterocycles. The minimum absolute atomic E-state index is 0.576. The van der Waals surface area contributed by atoms with Crippen molar-refractivity contribution in [2.24, 2.45) is 64.1 Å². The van der Waals surface area contributed by atoms with E-state index in [1.165, 1.54) is 83.8 Å². The lowest BCUT2D eigenvalue weighted by Gasteiger charge is -2.44. The first-order chi connectivity index (χ1) is 15.7. The number of fused-ring (bicyclic) bond motifs is 4. The van der Waals surface area contributed by atoms with Gasteiger partial charge < -0.3 is 10.6 Å². The first-order valence-electron chi connectivity index (χ1n) is 15.1. The zero-order valence-electron chi connectivity index (χ0n) is 23.0. The van der Waals surface area contributed by atoms with Crippen LogP contribution in [0.5, 0.6) is 0 Å². The first kappa shape index (κ1) is 24.6. The lowest BCUT2D eigenvalue weighted by Crippen LogP contribution is -2.47. The third-order valence-electron chi connectivity index (χ3n) is 12.7. The second-order valence-corrected chi connectivity index (χ2v) is 14.9. The molecule has 0 amide bonds. The summed E-state index contributed by atoms with van der Waals surface area (Å²) < 4.78 is 0. The van der Waals surface area contributed by atoms with Gasteiger partial charge in [-0.3, -0.25) is 0 Å². The Bertz CT molecular complexity index is 616. The molecule has 5 rings (SSSR count). The molecule has 4 bridgehead atoms. The molecule has 5 aliphatic rings. The van der Waals surface area contributed by atoms with E-state index in [1.54, 1.807) is 0 Å². The van der Waals surface area contributed by atoms with Crippen molar-refractivity contribution >= 4 is 0 Å². The molecule has 8 unspecified atom stereocenters. The minimum atomic E-state index is 0.576. The van der Waals surface area contributed by atoms with Crippen LogP contribution in [-0.4, -0.2) is 25.7 Å². The van der Waals surface area contributed by atoms with Crippen LogP contribution in [0.2, 0.25) is 0 Å². The first-order valence-corrected chi connectivity index (χ1v) is 15.1. The Morgan fingerprint density at radius 1 is 0.727 bits per heavy atom. The van der Waals surface area contributed by atoms with Gasteiger partial charge >= 0.3 is 0 Å². The molecule has 33 heavy (non-hydrogen) atoms. The number of rotatable bonds is 9. The fraction of sp³-hybridized carbons (Fsp3) is 1.00. The van der Waals surface area contributed by atoms with Crippen LogP contribution >= 0.6 is 0 Å². The molecule has 5 fully saturated rings. The van der Waals surface area contributed by atoms with Crippen molar-refractivity contribution in [3.05, 3.63) is 0 Å². The fourth-order valence-electron chi connectivity index (χ4n) is 10.4. The van der Waals surface area contributed by atoms with E-state index < -0.39 is 0 Å². The van der Waals surface area contributed by atoms with Crippen molar-refractivity contribution in [2.45, 2.75) is 112 Å². The smallest absolute Gasteiger partial charge is 0.0119 e. The SMILES string of the molecule is CC(CC1C2CCC(C2)C1(C)C)C(NCC1CCNCC1)C(C)CC1C2CCC(C2)C1(C)C. The molecule has 0 radical (unpaired) electrons. The highest BCUT2D eigenvalue weighted by Crippen LogP contribution is 2.62. The molecule has 1 aliphatic heterocycles. The van der Waals surface area contributed by atoms with E-state index in [2.05, 4.69) is 52.2 Å². The molecule has 2 heteroatoms. The lowest BCUT2D eigenvalue weighted by molar-refractivity contribution is 0.0682. The number of hydrogen-bond donors (Lipinski definition) is 2. The Kier molecular flexibility index (Phi) is 7.02. The van der Waals surface area contributed by atoms with Crippen LogP contribution in [0, 0.1) is 64.1 Å². The van der Waals surface area contributed by atoms with Crippen LogP contribution in [-0.2, 0) is 0 Å². The molecule has 0 aromatic heterocycles. The highest BCUT2D eigenvalue weighted by Gasteiger charge is 2.54. The Labute approximate surface area is 206 Å². The van der Waals surface area contributed by atoms with Crippen molar-refractivity contribution in [1.82, 2.24) is 10.6 Å². The van der Waals surface area contributed by atoms with Crippen molar-refractivity contribution in [1.29, 1.82) is 0 Å². The van der Waals surface area contributed by atoms with E-state index in [0.29, 0.717) is 16.9 Å². The summed E-state index contributed by atoms with van der Waals surface area (Å²) >= 11 is 0. The summed E-state index contributed by atoms with van der Waals surface area (Å²) in [5, 5.41) is 7.82. The monoisotopic (exact) mass is 456 g/mol. The second kappa shape index (κ2) is 9.42. The Morgan fingerprint density at radius 2 is 1.21 bits per heavy atom. The molecule has 2 nitrogen and oxygen atoms in total. The van der Waals surface area contributed by atoms with Gasteiger partial charge in [-0.1, -0.05) is 41.5 Å². The van der Waals surface area contributed by atoms with Gasteiger partial charge in [-0.2, -0.15) is 0 Å². The number of piperidine rings is 1. The highest BCUT2D eigenvalue weighted by molar-refractivity contribution is 5.04. The standard InChI is InChI=1S/C31H56N2/c1-20(15-27-23-7-9-25(17-23)30(27,3)4)29(33-19-22-11-13-32-14-12-22)21(2)16-28-24-8-10-26(18-24)31(28,5)6/h20-29,32-33H,7-19H2,1-6H3. The van der Waals surface area contributed by atoms with E-state index >= 15 is 0 Å². The topological polar surface area (TPSA) is 24.1 Å². The molecule has 4 saturated carbocycles. The Hall–Kier alpha value is -0.0800. The summed E-state index contributed by atoms with van der Waals surface area (Å²) in [6.07, 6.45) is 14.8. The number of nitrogens with one attached hydrogen (secondary N) is 2. The quantitative estimate of drug-likeness (QED) is 0.385. The van der Waals surface area contributed by atoms with Gasteiger partial charge in [0.2, 0.25) is 0 Å². The van der Waals surface area contributed by atoms with Crippen molar-refractivity contribution in [3.8, 4) is 0 Å². The van der Waals surface area contributed by atoms with Crippen LogP contribution < -0.4 is 10.6 Å². The van der Waals surface area contributed by atoms with Crippen molar-refractivity contribution < 1.29 is 0 Å². The van der Waals surface area contributed by atoms with Gasteiger partial charge in [0.25, 0.3) is 0 Å². The zero-order chi connectivity index (χ0) is 23.4. The normalized spacial score (nSPS) is 42.0. The van der Waals surface area contributed by atoms with E-state index in [1.807, 2.05) is 0 Å². The van der Waals surface area contributed by atoms with Crippen LogP contribution in [0.1, 0.15) is 106 Å². The van der Waals surface area contributed by atoms with Crippen molar-refractivity contribution in [2.75, 3.05) is 19.6 Å². The summed E-state index contributed by atoms with van der Waals surface area (Å²) in [6.45, 7) is 19.4. The highest BCUT2D eigenvalue weighted by atomic mass is 14.9. The van der Waals surface area contributed by atoms with Crippen LogP contribution in [0.15, 0.2) is 0 Å². The second-order valence-electron chi connectivity index (χ2n) is 14.9. The van der Waals surface area contributed by atoms with Crippen LogP contribution in [0.4, 0.5) is 0 Å².